The van der Waals surface area contributed by atoms with Gasteiger partial charge in [0, 0.05) is 4.47 Å². The van der Waals surface area contributed by atoms with Crippen LogP contribution in [0.15, 0.2) is 28.7 Å². The standard InChI is InChI=1S/C10H10BrFO3/c1-2-14-10(13)9(12)15-8-5-3-7(11)4-6-8/h3-6,9H,2H2,1H3/t9-/m0/s1. The summed E-state index contributed by atoms with van der Waals surface area (Å²) in [6.07, 6.45) is -2.08. The third kappa shape index (κ3) is 3.87. The highest BCUT2D eigenvalue weighted by Gasteiger charge is 2.19. The zero-order valence-electron chi connectivity index (χ0n) is 8.07. The molecule has 0 heterocycles. The maximum atomic E-state index is 13.1. The summed E-state index contributed by atoms with van der Waals surface area (Å²) in [5, 5.41) is 0. The van der Waals surface area contributed by atoms with Crippen LogP contribution in [0.5, 0.6) is 5.75 Å². The summed E-state index contributed by atoms with van der Waals surface area (Å²) < 4.78 is 23.1. The molecule has 1 atom stereocenters. The molecule has 0 spiro atoms. The van der Waals surface area contributed by atoms with Crippen LogP contribution in [0, 0.1) is 0 Å². The highest BCUT2D eigenvalue weighted by atomic mass is 79.9. The van der Waals surface area contributed by atoms with Gasteiger partial charge in [0.05, 0.1) is 6.61 Å². The predicted octanol–water partition coefficient (Wildman–Crippen LogP) is 2.69. The van der Waals surface area contributed by atoms with Gasteiger partial charge < -0.3 is 9.47 Å². The van der Waals surface area contributed by atoms with Crippen LogP contribution in [0.2, 0.25) is 0 Å². The molecule has 5 heteroatoms. The lowest BCUT2D eigenvalue weighted by molar-refractivity contribution is -0.159. The molecule has 0 radical (unpaired) electrons. The first kappa shape index (κ1) is 12.0. The molecule has 0 aromatic heterocycles. The van der Waals surface area contributed by atoms with Crippen LogP contribution in [-0.2, 0) is 9.53 Å². The average Bonchev–Trinajstić information content (AvgIpc) is 2.22. The molecule has 0 aliphatic carbocycles. The van der Waals surface area contributed by atoms with Gasteiger partial charge in [-0.3, -0.25) is 0 Å². The molecule has 0 amide bonds. The Hall–Kier alpha value is -1.10. The fourth-order valence-corrected chi connectivity index (χ4v) is 1.15. The number of carbonyl (C=O) groups excluding carboxylic acids is 1. The molecule has 15 heavy (non-hydrogen) atoms. The van der Waals surface area contributed by atoms with Gasteiger partial charge in [0.1, 0.15) is 5.75 Å². The Balaban J connectivity index is 2.54. The lowest BCUT2D eigenvalue weighted by Crippen LogP contribution is -2.24. The Kier molecular flexibility index (Phi) is 4.55. The van der Waals surface area contributed by atoms with Gasteiger partial charge in [-0.25, -0.2) is 4.79 Å². The number of halogens is 2. The molecule has 3 nitrogen and oxygen atoms in total. The number of carbonyl (C=O) groups is 1. The minimum atomic E-state index is -2.08. The molecule has 0 N–H and O–H groups in total. The molecule has 0 aliphatic rings. The number of benzene rings is 1. The lowest BCUT2D eigenvalue weighted by Gasteiger charge is -2.09. The Morgan fingerprint density at radius 3 is 2.60 bits per heavy atom. The van der Waals surface area contributed by atoms with Crippen LogP contribution in [0.1, 0.15) is 6.92 Å². The van der Waals surface area contributed by atoms with Crippen LogP contribution in [0.25, 0.3) is 0 Å². The van der Waals surface area contributed by atoms with E-state index >= 15 is 0 Å². The molecule has 1 rings (SSSR count). The fraction of sp³-hybridized carbons (Fsp3) is 0.300. The average molecular weight is 277 g/mol. The third-order valence-corrected chi connectivity index (χ3v) is 2.05. The van der Waals surface area contributed by atoms with Gasteiger partial charge in [-0.1, -0.05) is 15.9 Å². The molecule has 0 saturated carbocycles. The second kappa shape index (κ2) is 5.70. The summed E-state index contributed by atoms with van der Waals surface area (Å²) in [6, 6.07) is 6.48. The van der Waals surface area contributed by atoms with Crippen LogP contribution < -0.4 is 4.74 Å². The van der Waals surface area contributed by atoms with Crippen molar-refractivity contribution in [2.24, 2.45) is 0 Å². The Bertz CT molecular complexity index is 326. The molecule has 0 fully saturated rings. The highest BCUT2D eigenvalue weighted by Crippen LogP contribution is 2.17. The van der Waals surface area contributed by atoms with Gasteiger partial charge in [-0.2, -0.15) is 4.39 Å². The van der Waals surface area contributed by atoms with E-state index in [4.69, 9.17) is 4.74 Å². The van der Waals surface area contributed by atoms with Crippen LogP contribution >= 0.6 is 15.9 Å². The van der Waals surface area contributed by atoms with E-state index in [9.17, 15) is 9.18 Å². The van der Waals surface area contributed by atoms with E-state index in [1.54, 1.807) is 31.2 Å². The number of rotatable bonds is 4. The molecule has 0 saturated heterocycles. The monoisotopic (exact) mass is 276 g/mol. The van der Waals surface area contributed by atoms with E-state index in [2.05, 4.69) is 20.7 Å². The molecule has 0 bridgehead atoms. The quantitative estimate of drug-likeness (QED) is 0.794. The van der Waals surface area contributed by atoms with Crippen molar-refractivity contribution in [3.63, 3.8) is 0 Å². The number of esters is 1. The summed E-state index contributed by atoms with van der Waals surface area (Å²) >= 11 is 3.22. The molecule has 82 valence electrons. The van der Waals surface area contributed by atoms with Gasteiger partial charge in [-0.05, 0) is 31.2 Å². The van der Waals surface area contributed by atoms with Crippen LogP contribution in [0.3, 0.4) is 0 Å². The minimum Gasteiger partial charge on any atom is -0.461 e. The predicted molar refractivity (Wildman–Crippen MR) is 56.3 cm³/mol. The Morgan fingerprint density at radius 1 is 1.47 bits per heavy atom. The maximum Gasteiger partial charge on any atom is 0.381 e. The second-order valence-electron chi connectivity index (χ2n) is 2.64. The summed E-state index contributed by atoms with van der Waals surface area (Å²) in [5.41, 5.74) is 0. The Labute approximate surface area is 95.3 Å². The van der Waals surface area contributed by atoms with Crippen LogP contribution in [-0.4, -0.2) is 18.9 Å². The SMILES string of the molecule is CCOC(=O)[C@@H](F)Oc1ccc(Br)cc1. The number of hydrogen-bond donors (Lipinski definition) is 0. The van der Waals surface area contributed by atoms with E-state index in [1.165, 1.54) is 0 Å². The molecule has 0 unspecified atom stereocenters. The van der Waals surface area contributed by atoms with Crippen LogP contribution in [0.4, 0.5) is 4.39 Å². The van der Waals surface area contributed by atoms with E-state index in [0.29, 0.717) is 0 Å². The van der Waals surface area contributed by atoms with E-state index in [0.717, 1.165) is 4.47 Å². The normalized spacial score (nSPS) is 11.9. The van der Waals surface area contributed by atoms with Crippen molar-refractivity contribution in [3.05, 3.63) is 28.7 Å². The third-order valence-electron chi connectivity index (χ3n) is 1.53. The van der Waals surface area contributed by atoms with Crippen molar-refractivity contribution < 1.29 is 18.7 Å². The van der Waals surface area contributed by atoms with E-state index < -0.39 is 12.3 Å². The fourth-order valence-electron chi connectivity index (χ4n) is 0.889. The molecular formula is C10H10BrFO3. The second-order valence-corrected chi connectivity index (χ2v) is 3.56. The topological polar surface area (TPSA) is 35.5 Å². The number of alkyl halides is 1. The molecule has 1 aromatic rings. The van der Waals surface area contributed by atoms with Gasteiger partial charge in [-0.15, -0.1) is 0 Å². The molecule has 0 aliphatic heterocycles. The first-order valence-electron chi connectivity index (χ1n) is 4.36. The summed E-state index contributed by atoms with van der Waals surface area (Å²) in [6.45, 7) is 1.73. The molecular weight excluding hydrogens is 267 g/mol. The van der Waals surface area contributed by atoms with Gasteiger partial charge in [0.2, 0.25) is 0 Å². The van der Waals surface area contributed by atoms with Crippen molar-refractivity contribution in [1.82, 2.24) is 0 Å². The highest BCUT2D eigenvalue weighted by molar-refractivity contribution is 9.10. The van der Waals surface area contributed by atoms with Crippen molar-refractivity contribution >= 4 is 21.9 Å². The Morgan fingerprint density at radius 2 is 2.07 bits per heavy atom. The lowest BCUT2D eigenvalue weighted by atomic mass is 10.3. The summed E-state index contributed by atoms with van der Waals surface area (Å²) in [7, 11) is 0. The largest absolute Gasteiger partial charge is 0.461 e. The zero-order valence-corrected chi connectivity index (χ0v) is 9.66. The first-order valence-corrected chi connectivity index (χ1v) is 5.15. The van der Waals surface area contributed by atoms with E-state index in [1.807, 2.05) is 0 Å². The summed E-state index contributed by atoms with van der Waals surface area (Å²) in [4.78, 5) is 10.9. The minimum absolute atomic E-state index is 0.128. The van der Waals surface area contributed by atoms with Gasteiger partial charge >= 0.3 is 12.3 Å². The van der Waals surface area contributed by atoms with Crippen molar-refractivity contribution in [1.29, 1.82) is 0 Å². The van der Waals surface area contributed by atoms with E-state index in [-0.39, 0.29) is 12.4 Å². The van der Waals surface area contributed by atoms with Gasteiger partial charge in [0.25, 0.3) is 0 Å². The number of ether oxygens (including phenoxy) is 2. The summed E-state index contributed by atoms with van der Waals surface area (Å²) in [5.74, 6) is -0.737. The van der Waals surface area contributed by atoms with Crippen molar-refractivity contribution in [2.75, 3.05) is 6.61 Å². The van der Waals surface area contributed by atoms with Gasteiger partial charge in [0.15, 0.2) is 0 Å². The van der Waals surface area contributed by atoms with Crippen molar-refractivity contribution in [2.45, 2.75) is 13.3 Å². The first-order chi connectivity index (χ1) is 7.13. The maximum absolute atomic E-state index is 13.1. The molecule has 1 aromatic carbocycles. The smallest absolute Gasteiger partial charge is 0.381 e. The van der Waals surface area contributed by atoms with Crippen molar-refractivity contribution in [3.8, 4) is 5.75 Å². The zero-order chi connectivity index (χ0) is 11.3. The number of hydrogen-bond acceptors (Lipinski definition) is 3.